The highest BCUT2D eigenvalue weighted by atomic mass is 15.2. The maximum absolute atomic E-state index is 9.14. The molecule has 1 aromatic heterocycles. The fraction of sp³-hybridized carbons (Fsp3) is 0.538. The van der Waals surface area contributed by atoms with Crippen molar-refractivity contribution < 1.29 is 0 Å². The van der Waals surface area contributed by atoms with E-state index < -0.39 is 0 Å². The summed E-state index contributed by atoms with van der Waals surface area (Å²) < 4.78 is 0. The lowest BCUT2D eigenvalue weighted by atomic mass is 10.1. The molecule has 0 spiro atoms. The molecule has 0 aliphatic rings. The molecule has 0 aliphatic carbocycles. The van der Waals surface area contributed by atoms with E-state index in [-0.39, 0.29) is 0 Å². The summed E-state index contributed by atoms with van der Waals surface area (Å²) in [7, 11) is 6.11. The normalized spacial score (nSPS) is 10.4. The van der Waals surface area contributed by atoms with E-state index in [0.29, 0.717) is 5.56 Å². The minimum Gasteiger partial charge on any atom is -0.359 e. The van der Waals surface area contributed by atoms with Gasteiger partial charge in [0.2, 0.25) is 0 Å². The Morgan fingerprint density at radius 3 is 2.59 bits per heavy atom. The van der Waals surface area contributed by atoms with Crippen LogP contribution in [0.5, 0.6) is 0 Å². The van der Waals surface area contributed by atoms with Crippen LogP contribution in [0.3, 0.4) is 0 Å². The van der Waals surface area contributed by atoms with Crippen LogP contribution in [0.15, 0.2) is 12.3 Å². The summed E-state index contributed by atoms with van der Waals surface area (Å²) in [5.41, 5.74) is 1.66. The minimum absolute atomic E-state index is 0.680. The number of hydrogen-bond acceptors (Lipinski definition) is 4. The van der Waals surface area contributed by atoms with Crippen molar-refractivity contribution in [3.8, 4) is 6.07 Å². The highest BCUT2D eigenvalue weighted by molar-refractivity contribution is 5.56. The van der Waals surface area contributed by atoms with Crippen LogP contribution >= 0.6 is 0 Å². The van der Waals surface area contributed by atoms with Gasteiger partial charge in [0.1, 0.15) is 11.9 Å². The molecule has 4 nitrogen and oxygen atoms in total. The smallest absolute Gasteiger partial charge is 0.146 e. The molecule has 0 saturated carbocycles. The van der Waals surface area contributed by atoms with Crippen LogP contribution in [0.25, 0.3) is 0 Å². The van der Waals surface area contributed by atoms with Crippen LogP contribution in [0.2, 0.25) is 0 Å². The van der Waals surface area contributed by atoms with Crippen LogP contribution in [0.4, 0.5) is 5.82 Å². The van der Waals surface area contributed by atoms with Crippen LogP contribution in [-0.4, -0.2) is 44.1 Å². The molecular formula is C13H20N4. The number of nitrogens with zero attached hydrogens (tertiary/aromatic N) is 4. The van der Waals surface area contributed by atoms with Gasteiger partial charge in [-0.15, -0.1) is 0 Å². The van der Waals surface area contributed by atoms with E-state index in [0.717, 1.165) is 30.9 Å². The average Bonchev–Trinajstić information content (AvgIpc) is 2.28. The molecular weight excluding hydrogens is 212 g/mol. The number of aryl methyl sites for hydroxylation is 1. The average molecular weight is 232 g/mol. The summed E-state index contributed by atoms with van der Waals surface area (Å²) in [6, 6.07) is 4.10. The van der Waals surface area contributed by atoms with Gasteiger partial charge in [-0.1, -0.05) is 0 Å². The minimum atomic E-state index is 0.680. The predicted octanol–water partition coefficient (Wildman–Crippen LogP) is 1.65. The standard InChI is InChI=1S/C13H20N4/c1-11-6-7-15-13(12(11)10-14)17(4)9-5-8-16(2)3/h6-7H,5,8-9H2,1-4H3. The van der Waals surface area contributed by atoms with Crippen molar-refractivity contribution >= 4 is 5.82 Å². The highest BCUT2D eigenvalue weighted by Crippen LogP contribution is 2.18. The van der Waals surface area contributed by atoms with Crippen LogP contribution in [0.1, 0.15) is 17.5 Å². The number of aromatic nitrogens is 1. The molecule has 0 aromatic carbocycles. The molecule has 0 unspecified atom stereocenters. The molecule has 92 valence electrons. The maximum Gasteiger partial charge on any atom is 0.146 e. The maximum atomic E-state index is 9.14. The number of nitriles is 1. The Morgan fingerprint density at radius 2 is 2.00 bits per heavy atom. The molecule has 0 N–H and O–H groups in total. The van der Waals surface area contributed by atoms with Gasteiger partial charge in [-0.05, 0) is 45.6 Å². The first-order valence-electron chi connectivity index (χ1n) is 5.78. The van der Waals surface area contributed by atoms with Gasteiger partial charge in [0, 0.05) is 19.8 Å². The lowest BCUT2D eigenvalue weighted by Gasteiger charge is -2.20. The van der Waals surface area contributed by atoms with Gasteiger partial charge in [0.05, 0.1) is 5.56 Å². The van der Waals surface area contributed by atoms with E-state index in [1.54, 1.807) is 6.20 Å². The predicted molar refractivity (Wildman–Crippen MR) is 70.1 cm³/mol. The van der Waals surface area contributed by atoms with Crippen LogP contribution in [-0.2, 0) is 0 Å². The zero-order valence-corrected chi connectivity index (χ0v) is 11.1. The van der Waals surface area contributed by atoms with Gasteiger partial charge < -0.3 is 9.80 Å². The number of anilines is 1. The van der Waals surface area contributed by atoms with Gasteiger partial charge in [-0.3, -0.25) is 0 Å². The molecule has 1 aromatic rings. The SMILES string of the molecule is Cc1ccnc(N(C)CCCN(C)C)c1C#N. The van der Waals surface area contributed by atoms with Crippen molar-refractivity contribution in [3.05, 3.63) is 23.4 Å². The summed E-state index contributed by atoms with van der Waals surface area (Å²) in [5.74, 6) is 0.784. The van der Waals surface area contributed by atoms with E-state index in [2.05, 4.69) is 34.9 Å². The summed E-state index contributed by atoms with van der Waals surface area (Å²) >= 11 is 0. The fourth-order valence-electron chi connectivity index (χ4n) is 1.70. The van der Waals surface area contributed by atoms with E-state index in [4.69, 9.17) is 5.26 Å². The van der Waals surface area contributed by atoms with Gasteiger partial charge in [0.25, 0.3) is 0 Å². The molecule has 1 heterocycles. The highest BCUT2D eigenvalue weighted by Gasteiger charge is 2.10. The van der Waals surface area contributed by atoms with Crippen LogP contribution < -0.4 is 4.90 Å². The molecule has 0 atom stereocenters. The Labute approximate surface area is 103 Å². The second-order valence-electron chi connectivity index (χ2n) is 4.52. The topological polar surface area (TPSA) is 43.2 Å². The lowest BCUT2D eigenvalue weighted by molar-refractivity contribution is 0.401. The Balaban J connectivity index is 2.72. The van der Waals surface area contributed by atoms with E-state index in [9.17, 15) is 0 Å². The number of pyridine rings is 1. The Morgan fingerprint density at radius 1 is 1.29 bits per heavy atom. The molecule has 0 aliphatic heterocycles. The van der Waals surface area contributed by atoms with Gasteiger partial charge >= 0.3 is 0 Å². The van der Waals surface area contributed by atoms with Crippen molar-refractivity contribution in [2.75, 3.05) is 39.1 Å². The summed E-state index contributed by atoms with van der Waals surface area (Å²) in [5, 5.41) is 9.14. The number of hydrogen-bond donors (Lipinski definition) is 0. The first-order valence-corrected chi connectivity index (χ1v) is 5.78. The molecule has 4 heteroatoms. The third kappa shape index (κ3) is 3.72. The monoisotopic (exact) mass is 232 g/mol. The lowest BCUT2D eigenvalue weighted by Crippen LogP contribution is -2.24. The van der Waals surface area contributed by atoms with Crippen molar-refractivity contribution in [3.63, 3.8) is 0 Å². The molecule has 0 fully saturated rings. The third-order valence-corrected chi connectivity index (χ3v) is 2.71. The van der Waals surface area contributed by atoms with Gasteiger partial charge in [0.15, 0.2) is 0 Å². The molecule has 0 bridgehead atoms. The Hall–Kier alpha value is -1.60. The zero-order valence-electron chi connectivity index (χ0n) is 11.1. The number of rotatable bonds is 5. The second-order valence-corrected chi connectivity index (χ2v) is 4.52. The van der Waals surface area contributed by atoms with Crippen molar-refractivity contribution in [2.45, 2.75) is 13.3 Å². The molecule has 0 saturated heterocycles. The van der Waals surface area contributed by atoms with Crippen LogP contribution in [0, 0.1) is 18.3 Å². The summed E-state index contributed by atoms with van der Waals surface area (Å²) in [6.07, 6.45) is 2.82. The molecule has 17 heavy (non-hydrogen) atoms. The second kappa shape index (κ2) is 6.21. The third-order valence-electron chi connectivity index (χ3n) is 2.71. The van der Waals surface area contributed by atoms with Crippen molar-refractivity contribution in [1.29, 1.82) is 5.26 Å². The van der Waals surface area contributed by atoms with Crippen molar-refractivity contribution in [2.24, 2.45) is 0 Å². The van der Waals surface area contributed by atoms with Gasteiger partial charge in [-0.25, -0.2) is 4.98 Å². The van der Waals surface area contributed by atoms with E-state index in [1.165, 1.54) is 0 Å². The molecule has 0 radical (unpaired) electrons. The van der Waals surface area contributed by atoms with Crippen molar-refractivity contribution in [1.82, 2.24) is 9.88 Å². The molecule has 1 rings (SSSR count). The van der Waals surface area contributed by atoms with E-state index in [1.807, 2.05) is 20.0 Å². The fourth-order valence-corrected chi connectivity index (χ4v) is 1.70. The van der Waals surface area contributed by atoms with Gasteiger partial charge in [-0.2, -0.15) is 5.26 Å². The zero-order chi connectivity index (χ0) is 12.8. The molecule has 0 amide bonds. The quantitative estimate of drug-likeness (QED) is 0.774. The Bertz CT molecular complexity index is 406. The first kappa shape index (κ1) is 13.5. The van der Waals surface area contributed by atoms with E-state index >= 15 is 0 Å². The largest absolute Gasteiger partial charge is 0.359 e. The summed E-state index contributed by atoms with van der Waals surface area (Å²) in [6.45, 7) is 3.89. The summed E-state index contributed by atoms with van der Waals surface area (Å²) in [4.78, 5) is 8.50. The first-order chi connectivity index (χ1) is 8.06. The Kier molecular flexibility index (Phi) is 4.92.